The summed E-state index contributed by atoms with van der Waals surface area (Å²) < 4.78 is 0. The second-order valence-electron chi connectivity index (χ2n) is 5.37. The highest BCUT2D eigenvalue weighted by atomic mass is 32.1. The number of hydrogen-bond acceptors (Lipinski definition) is 4. The number of anilines is 2. The van der Waals surface area contributed by atoms with Crippen molar-refractivity contribution in [1.82, 2.24) is 4.98 Å². The second kappa shape index (κ2) is 5.88. The Morgan fingerprint density at radius 2 is 2.14 bits per heavy atom. The van der Waals surface area contributed by atoms with E-state index in [0.29, 0.717) is 12.1 Å². The number of carbonyl (C=O) groups excluding carboxylic acids is 2. The van der Waals surface area contributed by atoms with Crippen LogP contribution in [0.25, 0.3) is 0 Å². The molecule has 1 aliphatic rings. The lowest BCUT2D eigenvalue weighted by Gasteiger charge is -2.10. The molecule has 114 valence electrons. The standard InChI is InChI=1S/C16H17N3O2S/c1-9-15(17-10(2)22-9)16(21)18-12-6-7-13-11(8-12)4-3-5-14(20)19-13/h6-8H,3-5H2,1-2H3,(H,18,21)(H,19,20). The Bertz CT molecular complexity index is 752. The van der Waals surface area contributed by atoms with Crippen LogP contribution in [0.5, 0.6) is 0 Å². The highest BCUT2D eigenvalue weighted by Gasteiger charge is 2.16. The fraction of sp³-hybridized carbons (Fsp3) is 0.312. The monoisotopic (exact) mass is 315 g/mol. The van der Waals surface area contributed by atoms with Gasteiger partial charge in [-0.3, -0.25) is 9.59 Å². The Balaban J connectivity index is 1.81. The van der Waals surface area contributed by atoms with Gasteiger partial charge in [-0.15, -0.1) is 11.3 Å². The normalized spacial score (nSPS) is 14.0. The van der Waals surface area contributed by atoms with Crippen molar-refractivity contribution in [3.8, 4) is 0 Å². The molecule has 0 fully saturated rings. The van der Waals surface area contributed by atoms with Gasteiger partial charge in [0.2, 0.25) is 5.91 Å². The molecule has 2 aromatic rings. The van der Waals surface area contributed by atoms with Crippen LogP contribution in [0.15, 0.2) is 18.2 Å². The number of amides is 2. The molecule has 0 bridgehead atoms. The van der Waals surface area contributed by atoms with E-state index in [9.17, 15) is 9.59 Å². The van der Waals surface area contributed by atoms with E-state index in [1.807, 2.05) is 26.0 Å². The smallest absolute Gasteiger partial charge is 0.275 e. The van der Waals surface area contributed by atoms with Gasteiger partial charge in [0, 0.05) is 22.7 Å². The average molecular weight is 315 g/mol. The van der Waals surface area contributed by atoms with E-state index in [0.717, 1.165) is 39.7 Å². The molecule has 0 spiro atoms. The number of carbonyl (C=O) groups is 2. The lowest BCUT2D eigenvalue weighted by Crippen LogP contribution is -2.14. The van der Waals surface area contributed by atoms with Gasteiger partial charge in [-0.05, 0) is 50.5 Å². The Morgan fingerprint density at radius 3 is 2.86 bits per heavy atom. The van der Waals surface area contributed by atoms with E-state index in [2.05, 4.69) is 15.6 Å². The van der Waals surface area contributed by atoms with Crippen LogP contribution in [0.2, 0.25) is 0 Å². The maximum atomic E-state index is 12.3. The van der Waals surface area contributed by atoms with Gasteiger partial charge in [0.25, 0.3) is 5.91 Å². The van der Waals surface area contributed by atoms with Crippen LogP contribution in [0.4, 0.5) is 11.4 Å². The molecule has 3 rings (SSSR count). The fourth-order valence-corrected chi connectivity index (χ4v) is 3.40. The highest BCUT2D eigenvalue weighted by Crippen LogP contribution is 2.26. The van der Waals surface area contributed by atoms with E-state index in [-0.39, 0.29) is 11.8 Å². The van der Waals surface area contributed by atoms with E-state index in [4.69, 9.17) is 0 Å². The third kappa shape index (κ3) is 3.01. The van der Waals surface area contributed by atoms with Gasteiger partial charge in [-0.25, -0.2) is 4.98 Å². The number of hydrogen-bond donors (Lipinski definition) is 2. The van der Waals surface area contributed by atoms with Gasteiger partial charge >= 0.3 is 0 Å². The number of nitrogens with one attached hydrogen (secondary N) is 2. The summed E-state index contributed by atoms with van der Waals surface area (Å²) in [6.07, 6.45) is 2.18. The molecule has 22 heavy (non-hydrogen) atoms. The predicted molar refractivity (Wildman–Crippen MR) is 87.6 cm³/mol. The topological polar surface area (TPSA) is 71.1 Å². The quantitative estimate of drug-likeness (QED) is 0.893. The predicted octanol–water partition coefficient (Wildman–Crippen LogP) is 3.29. The van der Waals surface area contributed by atoms with Crippen LogP contribution in [0, 0.1) is 13.8 Å². The van der Waals surface area contributed by atoms with E-state index < -0.39 is 0 Å². The number of rotatable bonds is 2. The minimum atomic E-state index is -0.195. The largest absolute Gasteiger partial charge is 0.326 e. The van der Waals surface area contributed by atoms with Crippen molar-refractivity contribution in [2.45, 2.75) is 33.1 Å². The van der Waals surface area contributed by atoms with Crippen molar-refractivity contribution in [2.24, 2.45) is 0 Å². The van der Waals surface area contributed by atoms with Gasteiger partial charge in [0.05, 0.1) is 5.01 Å². The number of nitrogens with zero attached hydrogens (tertiary/aromatic N) is 1. The highest BCUT2D eigenvalue weighted by molar-refractivity contribution is 7.11. The van der Waals surface area contributed by atoms with Crippen molar-refractivity contribution in [2.75, 3.05) is 10.6 Å². The third-order valence-electron chi connectivity index (χ3n) is 3.61. The van der Waals surface area contributed by atoms with Crippen molar-refractivity contribution in [3.05, 3.63) is 39.3 Å². The Kier molecular flexibility index (Phi) is 3.94. The van der Waals surface area contributed by atoms with E-state index in [1.54, 1.807) is 6.07 Å². The molecule has 0 radical (unpaired) electrons. The summed E-state index contributed by atoms with van der Waals surface area (Å²) in [6.45, 7) is 3.78. The molecule has 0 saturated carbocycles. The summed E-state index contributed by atoms with van der Waals surface area (Å²) in [5.41, 5.74) is 3.09. The molecule has 0 atom stereocenters. The number of benzene rings is 1. The molecule has 1 aromatic carbocycles. The molecule has 1 aromatic heterocycles. The summed E-state index contributed by atoms with van der Waals surface area (Å²) in [5.74, 6) is -0.149. The third-order valence-corrected chi connectivity index (χ3v) is 4.49. The molecular formula is C16H17N3O2S. The van der Waals surface area contributed by atoms with Crippen molar-refractivity contribution in [3.63, 3.8) is 0 Å². The molecule has 6 heteroatoms. The van der Waals surface area contributed by atoms with Crippen LogP contribution in [-0.2, 0) is 11.2 Å². The summed E-state index contributed by atoms with van der Waals surface area (Å²) in [7, 11) is 0. The summed E-state index contributed by atoms with van der Waals surface area (Å²) in [6, 6.07) is 5.57. The van der Waals surface area contributed by atoms with Crippen LogP contribution in [0.1, 0.15) is 38.8 Å². The van der Waals surface area contributed by atoms with Gasteiger partial charge < -0.3 is 10.6 Å². The summed E-state index contributed by atoms with van der Waals surface area (Å²) in [4.78, 5) is 29.0. The zero-order valence-electron chi connectivity index (χ0n) is 12.5. The zero-order valence-corrected chi connectivity index (χ0v) is 13.3. The number of aromatic nitrogens is 1. The molecule has 2 heterocycles. The first-order chi connectivity index (χ1) is 10.5. The maximum absolute atomic E-state index is 12.3. The van der Waals surface area contributed by atoms with Gasteiger partial charge in [0.1, 0.15) is 5.69 Å². The molecule has 2 N–H and O–H groups in total. The Labute approximate surface area is 132 Å². The molecule has 2 amide bonds. The molecule has 0 saturated heterocycles. The van der Waals surface area contributed by atoms with Crippen molar-refractivity contribution >= 4 is 34.5 Å². The zero-order chi connectivity index (χ0) is 15.7. The molecule has 0 aliphatic carbocycles. The lowest BCUT2D eigenvalue weighted by molar-refractivity contribution is -0.116. The molecular weight excluding hydrogens is 298 g/mol. The Morgan fingerprint density at radius 1 is 1.32 bits per heavy atom. The Hall–Kier alpha value is -2.21. The van der Waals surface area contributed by atoms with E-state index in [1.165, 1.54) is 11.3 Å². The fourth-order valence-electron chi connectivity index (χ4n) is 2.58. The summed E-state index contributed by atoms with van der Waals surface area (Å²) >= 11 is 1.51. The number of thiazole rings is 1. The van der Waals surface area contributed by atoms with Gasteiger partial charge in [0.15, 0.2) is 0 Å². The molecule has 5 nitrogen and oxygen atoms in total. The minimum absolute atomic E-state index is 0.0455. The second-order valence-corrected chi connectivity index (χ2v) is 6.77. The minimum Gasteiger partial charge on any atom is -0.326 e. The maximum Gasteiger partial charge on any atom is 0.275 e. The lowest BCUT2D eigenvalue weighted by atomic mass is 10.1. The first kappa shape index (κ1) is 14.7. The molecule has 1 aliphatic heterocycles. The van der Waals surface area contributed by atoms with Crippen LogP contribution in [-0.4, -0.2) is 16.8 Å². The van der Waals surface area contributed by atoms with Gasteiger partial charge in [-0.2, -0.15) is 0 Å². The number of fused-ring (bicyclic) bond motifs is 1. The first-order valence-electron chi connectivity index (χ1n) is 7.21. The average Bonchev–Trinajstić information content (AvgIpc) is 2.69. The van der Waals surface area contributed by atoms with Crippen LogP contribution < -0.4 is 10.6 Å². The first-order valence-corrected chi connectivity index (χ1v) is 8.03. The van der Waals surface area contributed by atoms with E-state index >= 15 is 0 Å². The number of aryl methyl sites for hydroxylation is 3. The van der Waals surface area contributed by atoms with Crippen LogP contribution in [0.3, 0.4) is 0 Å². The van der Waals surface area contributed by atoms with Gasteiger partial charge in [-0.1, -0.05) is 0 Å². The summed E-state index contributed by atoms with van der Waals surface area (Å²) in [5, 5.41) is 6.65. The van der Waals surface area contributed by atoms with Crippen molar-refractivity contribution in [1.29, 1.82) is 0 Å². The van der Waals surface area contributed by atoms with Crippen LogP contribution >= 0.6 is 11.3 Å². The molecule has 0 unspecified atom stereocenters. The van der Waals surface area contributed by atoms with Crippen molar-refractivity contribution < 1.29 is 9.59 Å². The SMILES string of the molecule is Cc1nc(C(=O)Nc2ccc3c(c2)CCCC(=O)N3)c(C)s1.